The number of H-pyrrole nitrogens is 1. The third-order valence-corrected chi connectivity index (χ3v) is 7.57. The smallest absolute Gasteiger partial charge is 0.264 e. The number of nitrogens with one attached hydrogen (secondary N) is 2. The number of aromatic nitrogens is 1. The van der Waals surface area contributed by atoms with E-state index in [2.05, 4.69) is 9.71 Å². The molecule has 8 nitrogen and oxygen atoms in total. The first kappa shape index (κ1) is 27.8. The third kappa shape index (κ3) is 6.27. The van der Waals surface area contributed by atoms with Crippen LogP contribution in [0.3, 0.4) is 0 Å². The van der Waals surface area contributed by atoms with Crippen LogP contribution in [0.2, 0.25) is 10.0 Å². The molecule has 202 valence electrons. The number of anilines is 1. The average Bonchev–Trinajstić information content (AvgIpc) is 3.29. The monoisotopic (exact) mass is 582 g/mol. The summed E-state index contributed by atoms with van der Waals surface area (Å²) in [6.45, 7) is 1.11. The van der Waals surface area contributed by atoms with Crippen molar-refractivity contribution in [2.75, 3.05) is 32.2 Å². The van der Waals surface area contributed by atoms with Crippen LogP contribution in [-0.2, 0) is 21.4 Å². The van der Waals surface area contributed by atoms with E-state index in [1.165, 1.54) is 24.4 Å². The largest absolute Gasteiger partial charge is 0.493 e. The molecule has 0 saturated heterocycles. The predicted octanol–water partition coefficient (Wildman–Crippen LogP) is 6.42. The van der Waals surface area contributed by atoms with Crippen molar-refractivity contribution in [2.24, 2.45) is 0 Å². The van der Waals surface area contributed by atoms with Crippen LogP contribution in [0.15, 0.2) is 59.6 Å². The van der Waals surface area contributed by atoms with Gasteiger partial charge in [0, 0.05) is 37.8 Å². The van der Waals surface area contributed by atoms with Crippen LogP contribution in [0.5, 0.6) is 17.2 Å². The molecule has 0 fully saturated rings. The molecule has 0 radical (unpaired) electrons. The number of fused-ring (bicyclic) bond motifs is 1. The number of aromatic amines is 1. The van der Waals surface area contributed by atoms with Crippen LogP contribution in [-0.4, -0.2) is 40.8 Å². The Labute approximate surface area is 229 Å². The molecule has 0 saturated carbocycles. The topological polar surface area (TPSA) is 98.9 Å². The summed E-state index contributed by atoms with van der Waals surface area (Å²) in [7, 11) is -1.11. The molecule has 0 spiro atoms. The van der Waals surface area contributed by atoms with Gasteiger partial charge in [0.05, 0.1) is 35.0 Å². The summed E-state index contributed by atoms with van der Waals surface area (Å²) in [6.07, 6.45) is 2.20. The van der Waals surface area contributed by atoms with Crippen LogP contribution >= 0.6 is 23.2 Å². The molecule has 38 heavy (non-hydrogen) atoms. The molecule has 4 rings (SSSR count). The highest BCUT2D eigenvalue weighted by atomic mass is 35.5. The van der Waals surface area contributed by atoms with E-state index >= 15 is 0 Å². The molecule has 12 heteroatoms. The Balaban J connectivity index is 1.47. The van der Waals surface area contributed by atoms with Gasteiger partial charge >= 0.3 is 0 Å². The summed E-state index contributed by atoms with van der Waals surface area (Å²) < 4.78 is 65.1. The minimum absolute atomic E-state index is 0.0958. The van der Waals surface area contributed by atoms with Gasteiger partial charge in [0.1, 0.15) is 23.1 Å². The zero-order valence-corrected chi connectivity index (χ0v) is 22.8. The van der Waals surface area contributed by atoms with Crippen molar-refractivity contribution in [3.8, 4) is 17.2 Å². The van der Waals surface area contributed by atoms with Gasteiger partial charge in [0.2, 0.25) is 0 Å². The molecule has 3 aromatic carbocycles. The van der Waals surface area contributed by atoms with Crippen molar-refractivity contribution in [3.05, 3.63) is 76.2 Å². The number of hydrogen-bond donors (Lipinski definition) is 2. The van der Waals surface area contributed by atoms with Crippen molar-refractivity contribution in [2.45, 2.75) is 17.9 Å². The number of ether oxygens (including phenoxy) is 4. The summed E-state index contributed by atoms with van der Waals surface area (Å²) in [5, 5.41) is 1.14. The first-order chi connectivity index (χ1) is 18.2. The van der Waals surface area contributed by atoms with Gasteiger partial charge in [0.25, 0.3) is 10.0 Å². The van der Waals surface area contributed by atoms with E-state index in [1.54, 1.807) is 32.4 Å². The summed E-state index contributed by atoms with van der Waals surface area (Å²) in [6, 6.07) is 11.8. The minimum Gasteiger partial charge on any atom is -0.493 e. The van der Waals surface area contributed by atoms with Gasteiger partial charge in [-0.15, -0.1) is 0 Å². The van der Waals surface area contributed by atoms with Gasteiger partial charge in [-0.1, -0.05) is 29.3 Å². The highest BCUT2D eigenvalue weighted by Crippen LogP contribution is 2.36. The van der Waals surface area contributed by atoms with Gasteiger partial charge in [-0.25, -0.2) is 12.8 Å². The molecule has 0 unspecified atom stereocenters. The number of benzene rings is 3. The highest BCUT2D eigenvalue weighted by Gasteiger charge is 2.22. The Bertz CT molecular complexity index is 1540. The van der Waals surface area contributed by atoms with E-state index in [0.29, 0.717) is 52.1 Å². The predicted molar refractivity (Wildman–Crippen MR) is 145 cm³/mol. The lowest BCUT2D eigenvalue weighted by Gasteiger charge is -2.14. The van der Waals surface area contributed by atoms with Crippen LogP contribution in [0.4, 0.5) is 10.1 Å². The fraction of sp³-hybridized carbons (Fsp3) is 0.231. The SMILES string of the molecule is COCCCOc1cc(COc2ccc(S(=O)(=O)Nc3ccc(Cl)c4c(Cl)c[nH]c34)c(F)c2)ccc1OC. The molecule has 0 amide bonds. The second-order valence-corrected chi connectivity index (χ2v) is 10.6. The summed E-state index contributed by atoms with van der Waals surface area (Å²) in [5.41, 5.74) is 1.31. The minimum atomic E-state index is -4.28. The summed E-state index contributed by atoms with van der Waals surface area (Å²) >= 11 is 12.3. The molecular formula is C26H25Cl2FN2O6S. The van der Waals surface area contributed by atoms with Crippen molar-refractivity contribution in [3.63, 3.8) is 0 Å². The lowest BCUT2D eigenvalue weighted by molar-refractivity contribution is 0.170. The van der Waals surface area contributed by atoms with E-state index in [1.807, 2.05) is 0 Å². The third-order valence-electron chi connectivity index (χ3n) is 5.56. The van der Waals surface area contributed by atoms with Crippen LogP contribution in [0.25, 0.3) is 10.9 Å². The maximum Gasteiger partial charge on any atom is 0.264 e. The molecule has 0 aliphatic heterocycles. The van der Waals surface area contributed by atoms with Crippen LogP contribution < -0.4 is 18.9 Å². The fourth-order valence-electron chi connectivity index (χ4n) is 3.72. The Morgan fingerprint density at radius 1 is 0.947 bits per heavy atom. The van der Waals surface area contributed by atoms with Gasteiger partial charge in [0.15, 0.2) is 11.5 Å². The molecular weight excluding hydrogens is 558 g/mol. The first-order valence-electron chi connectivity index (χ1n) is 11.4. The molecule has 0 aliphatic rings. The molecule has 0 aliphatic carbocycles. The standard InChI is InChI=1S/C26H25Cl2FN2O6S/c1-34-10-3-11-36-23-12-16(4-8-22(23)35-2)15-37-17-5-9-24(20(29)13-17)38(32,33)31-21-7-6-18(27)25-19(28)14-30-26(21)25/h4-9,12-14,30-31H,3,10-11,15H2,1-2H3. The molecule has 4 aromatic rings. The van der Waals surface area contributed by atoms with Gasteiger partial charge in [-0.2, -0.15) is 0 Å². The molecule has 1 aromatic heterocycles. The van der Waals surface area contributed by atoms with Crippen LogP contribution in [0.1, 0.15) is 12.0 Å². The quantitative estimate of drug-likeness (QED) is 0.187. The highest BCUT2D eigenvalue weighted by molar-refractivity contribution is 7.92. The van der Waals surface area contributed by atoms with E-state index in [4.69, 9.17) is 42.1 Å². The van der Waals surface area contributed by atoms with Gasteiger partial charge in [-0.05, 0) is 42.0 Å². The number of methoxy groups -OCH3 is 2. The lowest BCUT2D eigenvalue weighted by Crippen LogP contribution is -2.15. The maximum absolute atomic E-state index is 14.9. The number of rotatable bonds is 12. The van der Waals surface area contributed by atoms with E-state index < -0.39 is 20.7 Å². The Morgan fingerprint density at radius 2 is 1.76 bits per heavy atom. The second kappa shape index (κ2) is 12.1. The Morgan fingerprint density at radius 3 is 2.50 bits per heavy atom. The molecule has 0 atom stereocenters. The zero-order chi connectivity index (χ0) is 27.3. The first-order valence-corrected chi connectivity index (χ1v) is 13.7. The summed E-state index contributed by atoms with van der Waals surface area (Å²) in [4.78, 5) is 2.34. The van der Waals surface area contributed by atoms with Gasteiger partial charge in [-0.3, -0.25) is 4.72 Å². The fourth-order valence-corrected chi connectivity index (χ4v) is 5.41. The summed E-state index contributed by atoms with van der Waals surface area (Å²) in [5.74, 6) is 0.299. The Kier molecular flexibility index (Phi) is 8.88. The molecule has 0 bridgehead atoms. The van der Waals surface area contributed by atoms with Crippen molar-refractivity contribution >= 4 is 49.8 Å². The number of hydrogen-bond acceptors (Lipinski definition) is 6. The van der Waals surface area contributed by atoms with Crippen LogP contribution in [0, 0.1) is 5.82 Å². The lowest BCUT2D eigenvalue weighted by atomic mass is 10.2. The van der Waals surface area contributed by atoms with Crippen molar-refractivity contribution in [1.82, 2.24) is 4.98 Å². The van der Waals surface area contributed by atoms with Crippen molar-refractivity contribution in [1.29, 1.82) is 0 Å². The molecule has 1 heterocycles. The average molecular weight is 583 g/mol. The zero-order valence-electron chi connectivity index (χ0n) is 20.5. The Hall–Kier alpha value is -3.18. The van der Waals surface area contributed by atoms with E-state index in [9.17, 15) is 12.8 Å². The number of sulfonamides is 1. The van der Waals surface area contributed by atoms with E-state index in [-0.39, 0.29) is 18.0 Å². The second-order valence-electron chi connectivity index (χ2n) is 8.15. The number of halogens is 3. The maximum atomic E-state index is 14.9. The molecule has 2 N–H and O–H groups in total. The van der Waals surface area contributed by atoms with Crippen molar-refractivity contribution < 1.29 is 31.8 Å². The van der Waals surface area contributed by atoms with E-state index in [0.717, 1.165) is 17.7 Å². The normalized spacial score (nSPS) is 11.5. The van der Waals surface area contributed by atoms with Gasteiger partial charge < -0.3 is 23.9 Å².